The van der Waals surface area contributed by atoms with Gasteiger partial charge in [0.05, 0.1) is 26.4 Å². The molecule has 0 radical (unpaired) electrons. The summed E-state index contributed by atoms with van der Waals surface area (Å²) in [4.78, 5) is 0. The van der Waals surface area contributed by atoms with Crippen LogP contribution in [-0.2, 0) is 16.1 Å². The third-order valence-corrected chi connectivity index (χ3v) is 3.55. The van der Waals surface area contributed by atoms with Crippen LogP contribution in [-0.4, -0.2) is 26.4 Å². The summed E-state index contributed by atoms with van der Waals surface area (Å²) in [7, 11) is 0. The van der Waals surface area contributed by atoms with Gasteiger partial charge in [0.2, 0.25) is 0 Å². The molecule has 0 aliphatic carbocycles. The predicted octanol–water partition coefficient (Wildman–Crippen LogP) is 2.66. The number of rotatable bonds is 7. The van der Waals surface area contributed by atoms with E-state index < -0.39 is 0 Å². The summed E-state index contributed by atoms with van der Waals surface area (Å²) >= 11 is 0. The van der Waals surface area contributed by atoms with Crippen LogP contribution >= 0.6 is 0 Å². The first-order valence-corrected chi connectivity index (χ1v) is 7.37. The molecule has 1 saturated heterocycles. The van der Waals surface area contributed by atoms with Crippen LogP contribution < -0.4 is 10.5 Å². The highest BCUT2D eigenvalue weighted by molar-refractivity contribution is 5.38. The molecular formula is C16H25NO3. The molecule has 0 aromatic heterocycles. The smallest absolute Gasteiger partial charge is 0.124 e. The van der Waals surface area contributed by atoms with Crippen molar-refractivity contribution in [1.29, 1.82) is 0 Å². The summed E-state index contributed by atoms with van der Waals surface area (Å²) in [5.74, 6) is 1.42. The van der Waals surface area contributed by atoms with Crippen molar-refractivity contribution in [2.75, 3.05) is 26.4 Å². The lowest BCUT2D eigenvalue weighted by Crippen LogP contribution is -2.11. The molecule has 1 aliphatic rings. The third-order valence-electron chi connectivity index (χ3n) is 3.55. The minimum atomic E-state index is 0.0210. The van der Waals surface area contributed by atoms with E-state index >= 15 is 0 Å². The zero-order chi connectivity index (χ0) is 14.4. The fourth-order valence-electron chi connectivity index (χ4n) is 2.34. The number of benzene rings is 1. The van der Waals surface area contributed by atoms with Crippen molar-refractivity contribution in [3.8, 4) is 5.75 Å². The van der Waals surface area contributed by atoms with E-state index in [4.69, 9.17) is 19.9 Å². The quantitative estimate of drug-likeness (QED) is 0.833. The monoisotopic (exact) mass is 279 g/mol. The summed E-state index contributed by atoms with van der Waals surface area (Å²) in [5, 5.41) is 0. The molecule has 1 fully saturated rings. The van der Waals surface area contributed by atoms with Crippen molar-refractivity contribution in [3.05, 3.63) is 29.3 Å². The third kappa shape index (κ3) is 4.20. The average Bonchev–Trinajstić information content (AvgIpc) is 2.93. The molecule has 1 aromatic rings. The minimum absolute atomic E-state index is 0.0210. The molecular weight excluding hydrogens is 254 g/mol. The summed E-state index contributed by atoms with van der Waals surface area (Å²) in [5.41, 5.74) is 8.11. The van der Waals surface area contributed by atoms with Crippen LogP contribution in [0.5, 0.6) is 5.75 Å². The highest BCUT2D eigenvalue weighted by atomic mass is 16.5. The fraction of sp³-hybridized carbons (Fsp3) is 0.625. The first-order chi connectivity index (χ1) is 9.70. The van der Waals surface area contributed by atoms with Crippen LogP contribution in [0.3, 0.4) is 0 Å². The number of hydrogen-bond donors (Lipinski definition) is 1. The molecule has 0 amide bonds. The number of nitrogens with two attached hydrogens (primary N) is 1. The SMILES string of the molecule is CCOc1ccc(C(C)N)cc1COCC1CCOC1. The Morgan fingerprint density at radius 3 is 2.95 bits per heavy atom. The number of ether oxygens (including phenoxy) is 3. The second-order valence-corrected chi connectivity index (χ2v) is 5.33. The van der Waals surface area contributed by atoms with Crippen molar-refractivity contribution < 1.29 is 14.2 Å². The van der Waals surface area contributed by atoms with Crippen molar-refractivity contribution in [2.45, 2.75) is 32.9 Å². The molecule has 2 atom stereocenters. The Hall–Kier alpha value is -1.10. The molecule has 0 spiro atoms. The van der Waals surface area contributed by atoms with Crippen LogP contribution in [0.2, 0.25) is 0 Å². The Kier molecular flexibility index (Phi) is 5.83. The normalized spacial score (nSPS) is 20.1. The van der Waals surface area contributed by atoms with Crippen LogP contribution in [0, 0.1) is 5.92 Å². The van der Waals surface area contributed by atoms with E-state index in [9.17, 15) is 0 Å². The molecule has 2 unspecified atom stereocenters. The van der Waals surface area contributed by atoms with Gasteiger partial charge in [0, 0.05) is 24.1 Å². The molecule has 0 bridgehead atoms. The molecule has 1 heterocycles. The fourth-order valence-corrected chi connectivity index (χ4v) is 2.34. The van der Waals surface area contributed by atoms with Crippen molar-refractivity contribution in [3.63, 3.8) is 0 Å². The van der Waals surface area contributed by atoms with E-state index in [2.05, 4.69) is 6.07 Å². The van der Waals surface area contributed by atoms with E-state index in [-0.39, 0.29) is 6.04 Å². The van der Waals surface area contributed by atoms with Gasteiger partial charge >= 0.3 is 0 Å². The van der Waals surface area contributed by atoms with E-state index in [0.29, 0.717) is 19.1 Å². The van der Waals surface area contributed by atoms with Gasteiger partial charge in [-0.1, -0.05) is 6.07 Å². The van der Waals surface area contributed by atoms with Gasteiger partial charge in [-0.25, -0.2) is 0 Å². The average molecular weight is 279 g/mol. The highest BCUT2D eigenvalue weighted by Gasteiger charge is 2.16. The molecule has 4 heteroatoms. The van der Waals surface area contributed by atoms with Crippen LogP contribution in [0.15, 0.2) is 18.2 Å². The van der Waals surface area contributed by atoms with E-state index in [1.807, 2.05) is 26.0 Å². The lowest BCUT2D eigenvalue weighted by molar-refractivity contribution is 0.0776. The first kappa shape index (κ1) is 15.3. The maximum atomic E-state index is 5.94. The van der Waals surface area contributed by atoms with Gasteiger partial charge in [-0.05, 0) is 38.0 Å². The second kappa shape index (κ2) is 7.62. The lowest BCUT2D eigenvalue weighted by Gasteiger charge is -2.15. The maximum absolute atomic E-state index is 5.94. The van der Waals surface area contributed by atoms with Crippen LogP contribution in [0.25, 0.3) is 0 Å². The Morgan fingerprint density at radius 1 is 1.45 bits per heavy atom. The topological polar surface area (TPSA) is 53.7 Å². The van der Waals surface area contributed by atoms with Gasteiger partial charge in [0.25, 0.3) is 0 Å². The highest BCUT2D eigenvalue weighted by Crippen LogP contribution is 2.24. The first-order valence-electron chi connectivity index (χ1n) is 7.37. The Bertz CT molecular complexity index is 414. The van der Waals surface area contributed by atoms with E-state index in [0.717, 1.165) is 43.1 Å². The van der Waals surface area contributed by atoms with Gasteiger partial charge in [-0.3, -0.25) is 0 Å². The molecule has 2 rings (SSSR count). The van der Waals surface area contributed by atoms with Gasteiger partial charge in [-0.2, -0.15) is 0 Å². The molecule has 2 N–H and O–H groups in total. The molecule has 1 aromatic carbocycles. The second-order valence-electron chi connectivity index (χ2n) is 5.33. The van der Waals surface area contributed by atoms with Gasteiger partial charge in [0.15, 0.2) is 0 Å². The molecule has 20 heavy (non-hydrogen) atoms. The largest absolute Gasteiger partial charge is 0.494 e. The lowest BCUT2D eigenvalue weighted by atomic mass is 10.1. The molecule has 112 valence electrons. The van der Waals surface area contributed by atoms with Crippen molar-refractivity contribution >= 4 is 0 Å². The summed E-state index contributed by atoms with van der Waals surface area (Å²) < 4.78 is 16.8. The standard InChI is InChI=1S/C16H25NO3/c1-3-20-16-5-4-14(12(2)17)8-15(16)11-19-10-13-6-7-18-9-13/h4-5,8,12-13H,3,6-7,9-11,17H2,1-2H3. The summed E-state index contributed by atoms with van der Waals surface area (Å²) in [6, 6.07) is 6.11. The number of hydrogen-bond acceptors (Lipinski definition) is 4. The van der Waals surface area contributed by atoms with E-state index in [1.54, 1.807) is 0 Å². The van der Waals surface area contributed by atoms with Crippen LogP contribution in [0.4, 0.5) is 0 Å². The van der Waals surface area contributed by atoms with E-state index in [1.165, 1.54) is 0 Å². The zero-order valence-electron chi connectivity index (χ0n) is 12.4. The van der Waals surface area contributed by atoms with Gasteiger partial charge in [0.1, 0.15) is 5.75 Å². The van der Waals surface area contributed by atoms with Crippen molar-refractivity contribution in [2.24, 2.45) is 11.7 Å². The maximum Gasteiger partial charge on any atom is 0.124 e. The van der Waals surface area contributed by atoms with Gasteiger partial charge in [-0.15, -0.1) is 0 Å². The minimum Gasteiger partial charge on any atom is -0.494 e. The Morgan fingerprint density at radius 2 is 2.30 bits per heavy atom. The predicted molar refractivity (Wildman–Crippen MR) is 78.8 cm³/mol. The molecule has 0 saturated carbocycles. The van der Waals surface area contributed by atoms with Crippen molar-refractivity contribution in [1.82, 2.24) is 0 Å². The van der Waals surface area contributed by atoms with Crippen LogP contribution in [0.1, 0.15) is 37.4 Å². The molecule has 1 aliphatic heterocycles. The van der Waals surface area contributed by atoms with Gasteiger partial charge < -0.3 is 19.9 Å². The molecule has 4 nitrogen and oxygen atoms in total. The zero-order valence-corrected chi connectivity index (χ0v) is 12.4. The summed E-state index contributed by atoms with van der Waals surface area (Å²) in [6.45, 7) is 7.61. The Labute approximate surface area is 121 Å². The Balaban J connectivity index is 1.96. The summed E-state index contributed by atoms with van der Waals surface area (Å²) in [6.07, 6.45) is 1.10.